The van der Waals surface area contributed by atoms with E-state index in [1.165, 1.54) is 0 Å². The fraction of sp³-hybridized carbons (Fsp3) is 0.214. The summed E-state index contributed by atoms with van der Waals surface area (Å²) in [6, 6.07) is 9.64. The van der Waals surface area contributed by atoms with E-state index in [-0.39, 0.29) is 11.8 Å². The first kappa shape index (κ1) is 13.9. The van der Waals surface area contributed by atoms with E-state index in [1.807, 2.05) is 30.3 Å². The summed E-state index contributed by atoms with van der Waals surface area (Å²) in [5.74, 6) is -0.451. The summed E-state index contributed by atoms with van der Waals surface area (Å²) in [6.07, 6.45) is 1.05. The van der Waals surface area contributed by atoms with E-state index in [4.69, 9.17) is 4.84 Å². The van der Waals surface area contributed by atoms with Gasteiger partial charge in [-0.3, -0.25) is 0 Å². The van der Waals surface area contributed by atoms with Gasteiger partial charge in [0.05, 0.1) is 11.9 Å². The number of hydrogen-bond donors (Lipinski definition) is 1. The lowest BCUT2D eigenvalue weighted by molar-refractivity contribution is 0.311. The average Bonchev–Trinajstić information content (AvgIpc) is 2.46. The number of halogens is 1. The normalized spacial score (nSPS) is 9.95. The Labute approximate surface area is 116 Å². The molecule has 0 aliphatic heterocycles. The molecule has 5 nitrogen and oxygen atoms in total. The number of hydrogen-bond acceptors (Lipinski definition) is 5. The zero-order chi connectivity index (χ0) is 14.4. The molecule has 104 valence electrons. The number of oxime groups is 1. The minimum Gasteiger partial charge on any atom is -0.363 e. The molecule has 0 saturated carbocycles. The van der Waals surface area contributed by atoms with Crippen molar-refractivity contribution in [1.29, 1.82) is 0 Å². The second-order valence-electron chi connectivity index (χ2n) is 4.32. The van der Waals surface area contributed by atoms with Gasteiger partial charge in [-0.25, -0.2) is 4.39 Å². The summed E-state index contributed by atoms with van der Waals surface area (Å²) in [6.45, 7) is 4.01. The SMILES string of the molecule is CC(C)=NOc1ncc(F)c(NCc2ccccc2)n1. The summed E-state index contributed by atoms with van der Waals surface area (Å²) in [7, 11) is 0. The molecular weight excluding hydrogens is 259 g/mol. The average molecular weight is 274 g/mol. The van der Waals surface area contributed by atoms with Crippen LogP contribution in [0, 0.1) is 5.82 Å². The maximum absolute atomic E-state index is 13.6. The van der Waals surface area contributed by atoms with Crippen LogP contribution in [0.2, 0.25) is 0 Å². The lowest BCUT2D eigenvalue weighted by Crippen LogP contribution is -2.05. The van der Waals surface area contributed by atoms with Gasteiger partial charge in [-0.1, -0.05) is 35.5 Å². The van der Waals surface area contributed by atoms with Gasteiger partial charge in [0.1, 0.15) is 0 Å². The highest BCUT2D eigenvalue weighted by molar-refractivity contribution is 5.78. The van der Waals surface area contributed by atoms with Crippen LogP contribution in [0.25, 0.3) is 0 Å². The van der Waals surface area contributed by atoms with E-state index in [0.29, 0.717) is 6.54 Å². The highest BCUT2D eigenvalue weighted by atomic mass is 19.1. The summed E-state index contributed by atoms with van der Waals surface area (Å²) >= 11 is 0. The third kappa shape index (κ3) is 4.01. The molecule has 20 heavy (non-hydrogen) atoms. The molecule has 6 heteroatoms. The second-order valence-corrected chi connectivity index (χ2v) is 4.32. The lowest BCUT2D eigenvalue weighted by atomic mass is 10.2. The minimum atomic E-state index is -0.537. The molecule has 1 aromatic carbocycles. The van der Waals surface area contributed by atoms with Crippen molar-refractivity contribution in [3.05, 3.63) is 47.9 Å². The molecule has 0 unspecified atom stereocenters. The standard InChI is InChI=1S/C14H15FN4O/c1-10(2)19-20-14-17-9-12(15)13(18-14)16-8-11-6-4-3-5-7-11/h3-7,9H,8H2,1-2H3,(H,16,17,18). The minimum absolute atomic E-state index is 0.00293. The Morgan fingerprint density at radius 1 is 1.30 bits per heavy atom. The topological polar surface area (TPSA) is 59.4 Å². The Hall–Kier alpha value is -2.50. The fourth-order valence-corrected chi connectivity index (χ4v) is 1.43. The van der Waals surface area contributed by atoms with Crippen LogP contribution in [0.1, 0.15) is 19.4 Å². The molecule has 0 amide bonds. The Kier molecular flexibility index (Phi) is 4.60. The maximum atomic E-state index is 13.6. The van der Waals surface area contributed by atoms with E-state index >= 15 is 0 Å². The quantitative estimate of drug-likeness (QED) is 0.672. The van der Waals surface area contributed by atoms with Crippen molar-refractivity contribution in [2.75, 3.05) is 5.32 Å². The Balaban J connectivity index is 2.07. The number of anilines is 1. The van der Waals surface area contributed by atoms with Crippen molar-refractivity contribution in [1.82, 2.24) is 9.97 Å². The van der Waals surface area contributed by atoms with E-state index in [0.717, 1.165) is 17.5 Å². The third-order valence-electron chi connectivity index (χ3n) is 2.33. The van der Waals surface area contributed by atoms with Crippen LogP contribution in [0.5, 0.6) is 6.01 Å². The summed E-state index contributed by atoms with van der Waals surface area (Å²) < 4.78 is 13.6. The van der Waals surface area contributed by atoms with E-state index < -0.39 is 5.82 Å². The van der Waals surface area contributed by atoms with Gasteiger partial charge in [-0.15, -0.1) is 0 Å². The van der Waals surface area contributed by atoms with Crippen molar-refractivity contribution in [3.63, 3.8) is 0 Å². The molecule has 0 aliphatic carbocycles. The van der Waals surface area contributed by atoms with Crippen LogP contribution >= 0.6 is 0 Å². The molecule has 0 radical (unpaired) electrons. The van der Waals surface area contributed by atoms with Gasteiger partial charge in [0, 0.05) is 6.54 Å². The maximum Gasteiger partial charge on any atom is 0.347 e. The van der Waals surface area contributed by atoms with Gasteiger partial charge < -0.3 is 10.2 Å². The molecule has 1 heterocycles. The molecule has 1 aromatic heterocycles. The molecule has 2 aromatic rings. The number of nitrogens with zero attached hydrogens (tertiary/aromatic N) is 3. The molecule has 0 saturated heterocycles. The van der Waals surface area contributed by atoms with Crippen molar-refractivity contribution in [2.45, 2.75) is 20.4 Å². The first-order valence-electron chi connectivity index (χ1n) is 6.13. The van der Waals surface area contributed by atoms with Crippen LogP contribution in [0.15, 0.2) is 41.7 Å². The van der Waals surface area contributed by atoms with Gasteiger partial charge in [-0.05, 0) is 19.4 Å². The number of benzene rings is 1. The van der Waals surface area contributed by atoms with Crippen molar-refractivity contribution in [3.8, 4) is 6.01 Å². The first-order chi connectivity index (χ1) is 9.65. The number of nitrogens with one attached hydrogen (secondary N) is 1. The number of rotatable bonds is 5. The van der Waals surface area contributed by atoms with Crippen LogP contribution in [-0.2, 0) is 6.54 Å². The Morgan fingerprint density at radius 3 is 2.75 bits per heavy atom. The fourth-order valence-electron chi connectivity index (χ4n) is 1.43. The number of aromatic nitrogens is 2. The van der Waals surface area contributed by atoms with Gasteiger partial charge >= 0.3 is 6.01 Å². The zero-order valence-electron chi connectivity index (χ0n) is 11.3. The second kappa shape index (κ2) is 6.60. The van der Waals surface area contributed by atoms with E-state index in [2.05, 4.69) is 20.4 Å². The molecule has 0 spiro atoms. The smallest absolute Gasteiger partial charge is 0.347 e. The molecule has 0 aliphatic rings. The monoisotopic (exact) mass is 274 g/mol. The van der Waals surface area contributed by atoms with Crippen LogP contribution in [0.3, 0.4) is 0 Å². The predicted octanol–water partition coefficient (Wildman–Crippen LogP) is 3.00. The van der Waals surface area contributed by atoms with Crippen molar-refractivity contribution >= 4 is 11.5 Å². The third-order valence-corrected chi connectivity index (χ3v) is 2.33. The van der Waals surface area contributed by atoms with Gasteiger partial charge in [-0.2, -0.15) is 9.97 Å². The molecule has 0 atom stereocenters. The Bertz CT molecular complexity index is 597. The summed E-state index contributed by atoms with van der Waals surface area (Å²) in [5.41, 5.74) is 1.74. The van der Waals surface area contributed by atoms with E-state index in [9.17, 15) is 4.39 Å². The van der Waals surface area contributed by atoms with Crippen LogP contribution in [-0.4, -0.2) is 15.7 Å². The van der Waals surface area contributed by atoms with Crippen molar-refractivity contribution in [2.24, 2.45) is 5.16 Å². The van der Waals surface area contributed by atoms with Crippen LogP contribution in [0.4, 0.5) is 10.2 Å². The van der Waals surface area contributed by atoms with Gasteiger partial charge in [0.15, 0.2) is 11.6 Å². The molecular formula is C14H15FN4O. The lowest BCUT2D eigenvalue weighted by Gasteiger charge is -2.07. The molecule has 1 N–H and O–H groups in total. The molecule has 0 bridgehead atoms. The predicted molar refractivity (Wildman–Crippen MR) is 75.2 cm³/mol. The highest BCUT2D eigenvalue weighted by Gasteiger charge is 2.07. The zero-order valence-corrected chi connectivity index (χ0v) is 11.3. The largest absolute Gasteiger partial charge is 0.363 e. The summed E-state index contributed by atoms with van der Waals surface area (Å²) in [4.78, 5) is 12.6. The van der Waals surface area contributed by atoms with Crippen LogP contribution < -0.4 is 10.2 Å². The molecule has 2 rings (SSSR count). The molecule has 0 fully saturated rings. The van der Waals surface area contributed by atoms with E-state index in [1.54, 1.807) is 13.8 Å². The first-order valence-corrected chi connectivity index (χ1v) is 6.13. The summed E-state index contributed by atoms with van der Waals surface area (Å²) in [5, 5.41) is 6.63. The highest BCUT2D eigenvalue weighted by Crippen LogP contribution is 2.14. The van der Waals surface area contributed by atoms with Gasteiger partial charge in [0.25, 0.3) is 0 Å². The van der Waals surface area contributed by atoms with Gasteiger partial charge in [0.2, 0.25) is 0 Å². The Morgan fingerprint density at radius 2 is 2.05 bits per heavy atom. The van der Waals surface area contributed by atoms with Crippen molar-refractivity contribution < 1.29 is 9.23 Å².